The molecule has 56 heavy (non-hydrogen) atoms. The fourth-order valence-corrected chi connectivity index (χ4v) is 8.91. The van der Waals surface area contributed by atoms with Crippen LogP contribution in [0.4, 0.5) is 11.4 Å². The van der Waals surface area contributed by atoms with Crippen LogP contribution in [0.5, 0.6) is 0 Å². The van der Waals surface area contributed by atoms with Crippen molar-refractivity contribution in [1.29, 1.82) is 0 Å². The van der Waals surface area contributed by atoms with Gasteiger partial charge >= 0.3 is 0 Å². The lowest BCUT2D eigenvalue weighted by molar-refractivity contribution is 0.744. The summed E-state index contributed by atoms with van der Waals surface area (Å²) in [7, 11) is 0. The lowest BCUT2D eigenvalue weighted by Gasteiger charge is -2.30. The Balaban J connectivity index is 1.12. The summed E-state index contributed by atoms with van der Waals surface area (Å²) in [5.41, 5.74) is 16.0. The second-order valence-corrected chi connectivity index (χ2v) is 14.8. The van der Waals surface area contributed by atoms with E-state index in [9.17, 15) is 0 Å². The lowest BCUT2D eigenvalue weighted by atomic mass is 9.91. The molecular formula is C53H37N3. The van der Waals surface area contributed by atoms with Gasteiger partial charge in [0, 0.05) is 44.9 Å². The Hall–Kier alpha value is -7.23. The van der Waals surface area contributed by atoms with Gasteiger partial charge in [0.25, 0.3) is 0 Å². The van der Waals surface area contributed by atoms with Gasteiger partial charge in [0.2, 0.25) is 0 Å². The monoisotopic (exact) mass is 715 g/mol. The molecule has 0 amide bonds. The first kappa shape index (κ1) is 32.2. The predicted molar refractivity (Wildman–Crippen MR) is 234 cm³/mol. The van der Waals surface area contributed by atoms with Crippen LogP contribution in [-0.2, 0) is 0 Å². The van der Waals surface area contributed by atoms with Crippen molar-refractivity contribution in [3.8, 4) is 50.5 Å². The van der Waals surface area contributed by atoms with Crippen LogP contribution in [0.1, 0.15) is 11.5 Å². The zero-order chi connectivity index (χ0) is 37.0. The predicted octanol–water partition coefficient (Wildman–Crippen LogP) is 13.6. The summed E-state index contributed by atoms with van der Waals surface area (Å²) >= 11 is 0. The van der Waals surface area contributed by atoms with Crippen LogP contribution in [-0.4, -0.2) is 15.6 Å². The number of para-hydroxylation sites is 3. The van der Waals surface area contributed by atoms with Gasteiger partial charge in [-0.2, -0.15) is 0 Å². The van der Waals surface area contributed by atoms with E-state index in [2.05, 4.69) is 222 Å². The van der Waals surface area contributed by atoms with Crippen LogP contribution in [0, 0.1) is 0 Å². The molecule has 9 aromatic rings. The SMILES string of the molecule is C1=CC2c3ccccc3N(c3cc(-c4cccc(-c5cc(-c6ccccc6)cc(-c6ccccc6)n5)c4)cc(-n4c5ccccc5c5ccccc54)c3)C2C=C1. The topological polar surface area (TPSA) is 21.1 Å². The number of pyridine rings is 1. The van der Waals surface area contributed by atoms with Crippen molar-refractivity contribution in [3.05, 3.63) is 218 Å². The molecule has 3 nitrogen and oxygen atoms in total. The normalized spacial score (nSPS) is 15.7. The molecule has 11 rings (SSSR count). The van der Waals surface area contributed by atoms with Gasteiger partial charge in [-0.25, -0.2) is 4.98 Å². The first-order valence-electron chi connectivity index (χ1n) is 19.4. The summed E-state index contributed by atoms with van der Waals surface area (Å²) in [6.07, 6.45) is 9.09. The van der Waals surface area contributed by atoms with E-state index in [0.717, 1.165) is 44.9 Å². The van der Waals surface area contributed by atoms with Crippen molar-refractivity contribution in [3.63, 3.8) is 0 Å². The maximum Gasteiger partial charge on any atom is 0.0715 e. The molecule has 264 valence electrons. The summed E-state index contributed by atoms with van der Waals surface area (Å²) in [6.45, 7) is 0. The van der Waals surface area contributed by atoms with Crippen LogP contribution in [0.2, 0.25) is 0 Å². The first-order chi connectivity index (χ1) is 27.8. The standard InChI is InChI=1S/C53H37N3/c1-3-16-36(17-4-1)41-33-48(37-18-5-2-6-19-37)54-49(34-41)39-21-15-20-38(30-39)40-31-42(55-50-26-11-7-22-44(50)45-23-8-12-27-51(45)55)35-43(32-40)56-52-28-13-9-24-46(52)47-25-10-14-29-53(47)56/h1-35,44,50H. The number of hydrogen-bond donors (Lipinski definition) is 0. The van der Waals surface area contributed by atoms with Gasteiger partial charge in [-0.1, -0.05) is 158 Å². The fraction of sp³-hybridized carbons (Fsp3) is 0.0377. The van der Waals surface area contributed by atoms with Gasteiger partial charge in [-0.15, -0.1) is 0 Å². The van der Waals surface area contributed by atoms with E-state index in [1.165, 1.54) is 44.3 Å². The van der Waals surface area contributed by atoms with E-state index in [1.54, 1.807) is 0 Å². The third kappa shape index (κ3) is 5.39. The minimum Gasteiger partial charge on any atom is -0.333 e. The first-order valence-corrected chi connectivity index (χ1v) is 19.4. The van der Waals surface area contributed by atoms with Crippen molar-refractivity contribution < 1.29 is 0 Å². The van der Waals surface area contributed by atoms with Gasteiger partial charge in [0.15, 0.2) is 0 Å². The number of hydrogen-bond acceptors (Lipinski definition) is 2. The number of benzene rings is 7. The van der Waals surface area contributed by atoms with E-state index >= 15 is 0 Å². The van der Waals surface area contributed by atoms with Crippen LogP contribution in [0.15, 0.2) is 212 Å². The zero-order valence-corrected chi connectivity index (χ0v) is 30.7. The molecule has 1 aliphatic heterocycles. The number of allylic oxidation sites excluding steroid dienone is 2. The highest BCUT2D eigenvalue weighted by molar-refractivity contribution is 6.09. The van der Waals surface area contributed by atoms with E-state index in [4.69, 9.17) is 4.98 Å². The molecule has 2 aliphatic rings. The summed E-state index contributed by atoms with van der Waals surface area (Å²) in [5.74, 6) is 0.293. The maximum absolute atomic E-state index is 5.29. The summed E-state index contributed by atoms with van der Waals surface area (Å²) < 4.78 is 2.44. The number of fused-ring (bicyclic) bond motifs is 6. The molecule has 0 N–H and O–H groups in total. The highest BCUT2D eigenvalue weighted by Gasteiger charge is 2.37. The van der Waals surface area contributed by atoms with E-state index in [-0.39, 0.29) is 6.04 Å². The minimum absolute atomic E-state index is 0.186. The molecule has 3 heterocycles. The average molecular weight is 716 g/mol. The molecule has 1 aliphatic carbocycles. The Kier molecular flexibility index (Phi) is 7.63. The highest BCUT2D eigenvalue weighted by atomic mass is 15.2. The molecule has 0 radical (unpaired) electrons. The Morgan fingerprint density at radius 3 is 1.73 bits per heavy atom. The van der Waals surface area contributed by atoms with Gasteiger partial charge in [-0.3, -0.25) is 0 Å². The molecule has 2 unspecified atom stereocenters. The van der Waals surface area contributed by atoms with Crippen LogP contribution in [0.25, 0.3) is 72.3 Å². The minimum atomic E-state index is 0.186. The van der Waals surface area contributed by atoms with E-state index in [0.29, 0.717) is 5.92 Å². The number of aromatic nitrogens is 2. The van der Waals surface area contributed by atoms with Crippen molar-refractivity contribution in [2.45, 2.75) is 12.0 Å². The highest BCUT2D eigenvalue weighted by Crippen LogP contribution is 2.49. The largest absolute Gasteiger partial charge is 0.333 e. The molecule has 0 bridgehead atoms. The summed E-state index contributed by atoms with van der Waals surface area (Å²) in [6, 6.07) is 68.2. The van der Waals surface area contributed by atoms with Crippen LogP contribution in [0.3, 0.4) is 0 Å². The van der Waals surface area contributed by atoms with E-state index in [1.807, 2.05) is 0 Å². The molecule has 7 aromatic carbocycles. The number of rotatable bonds is 6. The molecule has 0 spiro atoms. The fourth-order valence-electron chi connectivity index (χ4n) is 8.91. The van der Waals surface area contributed by atoms with Crippen molar-refractivity contribution >= 4 is 33.2 Å². The van der Waals surface area contributed by atoms with Gasteiger partial charge in [0.1, 0.15) is 0 Å². The molecule has 0 fully saturated rings. The second-order valence-electron chi connectivity index (χ2n) is 14.8. The van der Waals surface area contributed by atoms with E-state index < -0.39 is 0 Å². The van der Waals surface area contributed by atoms with Gasteiger partial charge in [-0.05, 0) is 82.4 Å². The molecule has 3 heteroatoms. The van der Waals surface area contributed by atoms with Gasteiger partial charge in [0.05, 0.1) is 28.5 Å². The maximum atomic E-state index is 5.29. The Labute approximate surface area is 326 Å². The number of anilines is 2. The Bertz CT molecular complexity index is 2880. The number of nitrogens with zero attached hydrogens (tertiary/aromatic N) is 3. The Morgan fingerprint density at radius 2 is 0.964 bits per heavy atom. The molecule has 2 atom stereocenters. The van der Waals surface area contributed by atoms with Crippen LogP contribution < -0.4 is 4.90 Å². The lowest BCUT2D eigenvalue weighted by Crippen LogP contribution is -2.28. The third-order valence-electron chi connectivity index (χ3n) is 11.5. The smallest absolute Gasteiger partial charge is 0.0715 e. The summed E-state index contributed by atoms with van der Waals surface area (Å²) in [4.78, 5) is 7.83. The quantitative estimate of drug-likeness (QED) is 0.171. The van der Waals surface area contributed by atoms with Crippen LogP contribution >= 0.6 is 0 Å². The van der Waals surface area contributed by atoms with Crippen molar-refractivity contribution in [2.75, 3.05) is 4.90 Å². The summed E-state index contributed by atoms with van der Waals surface area (Å²) in [5, 5.41) is 2.50. The van der Waals surface area contributed by atoms with Gasteiger partial charge < -0.3 is 9.47 Å². The molecular weight excluding hydrogens is 679 g/mol. The second kappa shape index (κ2) is 13.3. The Morgan fingerprint density at radius 1 is 0.393 bits per heavy atom. The molecule has 0 saturated heterocycles. The third-order valence-corrected chi connectivity index (χ3v) is 11.5. The van der Waals surface area contributed by atoms with Crippen molar-refractivity contribution in [1.82, 2.24) is 9.55 Å². The molecule has 0 saturated carbocycles. The molecule has 2 aromatic heterocycles. The average Bonchev–Trinajstić information content (AvgIpc) is 3.80. The zero-order valence-electron chi connectivity index (χ0n) is 30.7. The van der Waals surface area contributed by atoms with Crippen molar-refractivity contribution in [2.24, 2.45) is 0 Å².